The number of rotatable bonds is 3. The predicted molar refractivity (Wildman–Crippen MR) is 98.6 cm³/mol. The molecule has 1 atom stereocenters. The van der Waals surface area contributed by atoms with Crippen molar-refractivity contribution in [2.75, 3.05) is 46.3 Å². The molecule has 3 rings (SSSR count). The largest absolute Gasteiger partial charge is 0.339 e. The first-order valence-electron chi connectivity index (χ1n) is 9.12. The summed E-state index contributed by atoms with van der Waals surface area (Å²) in [5, 5.41) is 0.0521. The summed E-state index contributed by atoms with van der Waals surface area (Å²) in [7, 11) is 2.17. The second-order valence-corrected chi connectivity index (χ2v) is 7.75. The first-order valence-corrected chi connectivity index (χ1v) is 9.50. The van der Waals surface area contributed by atoms with Gasteiger partial charge in [0.25, 0.3) is 5.91 Å². The summed E-state index contributed by atoms with van der Waals surface area (Å²) in [5.41, 5.74) is 0.382. The fourth-order valence-electron chi connectivity index (χ4n) is 3.92. The molecule has 0 N–H and O–H groups in total. The van der Waals surface area contributed by atoms with Gasteiger partial charge in [0.1, 0.15) is 5.82 Å². The van der Waals surface area contributed by atoms with Crippen LogP contribution in [0.2, 0.25) is 5.02 Å². The van der Waals surface area contributed by atoms with Crippen molar-refractivity contribution in [3.63, 3.8) is 0 Å². The fourth-order valence-corrected chi connectivity index (χ4v) is 4.04. The lowest BCUT2D eigenvalue weighted by Crippen LogP contribution is -2.52. The number of nitrogens with zero attached hydrogens (tertiary/aromatic N) is 3. The number of benzene rings is 1. The Morgan fingerprint density at radius 1 is 1.16 bits per heavy atom. The quantitative estimate of drug-likeness (QED) is 0.821. The average molecular weight is 368 g/mol. The van der Waals surface area contributed by atoms with E-state index in [4.69, 9.17) is 11.6 Å². The monoisotopic (exact) mass is 367 g/mol. The van der Waals surface area contributed by atoms with Gasteiger partial charge in [0.2, 0.25) is 0 Å². The summed E-state index contributed by atoms with van der Waals surface area (Å²) in [5.74, 6) is -0.0123. The maximum absolute atomic E-state index is 13.6. The van der Waals surface area contributed by atoms with Crippen molar-refractivity contribution >= 4 is 17.5 Å². The Hall–Kier alpha value is -1.17. The molecule has 1 aromatic carbocycles. The van der Waals surface area contributed by atoms with Crippen LogP contribution in [0.4, 0.5) is 4.39 Å². The number of carbonyl (C=O) groups excluding carboxylic acids is 1. The SMILES string of the molecule is C[C@@H](C1CCN(C(=O)c2ccc(Cl)c(F)c2)CC1)N1CCN(C)CC1. The Balaban J connectivity index is 1.54. The zero-order chi connectivity index (χ0) is 18.0. The summed E-state index contributed by atoms with van der Waals surface area (Å²) in [6, 6.07) is 4.85. The van der Waals surface area contributed by atoms with E-state index < -0.39 is 5.82 Å². The molecule has 0 spiro atoms. The van der Waals surface area contributed by atoms with E-state index in [9.17, 15) is 9.18 Å². The van der Waals surface area contributed by atoms with Gasteiger partial charge in [-0.25, -0.2) is 4.39 Å². The molecular weight excluding hydrogens is 341 g/mol. The fraction of sp³-hybridized carbons (Fsp3) is 0.632. The second kappa shape index (κ2) is 8.02. The molecule has 0 aromatic heterocycles. The third-order valence-electron chi connectivity index (χ3n) is 5.79. The Morgan fingerprint density at radius 3 is 2.40 bits per heavy atom. The summed E-state index contributed by atoms with van der Waals surface area (Å²) in [6.45, 7) is 8.31. The molecule has 1 amide bonds. The van der Waals surface area contributed by atoms with Crippen LogP contribution >= 0.6 is 11.6 Å². The van der Waals surface area contributed by atoms with Gasteiger partial charge in [0, 0.05) is 50.9 Å². The lowest BCUT2D eigenvalue weighted by molar-refractivity contribution is 0.0500. The Labute approximate surface area is 154 Å². The number of hydrogen-bond donors (Lipinski definition) is 0. The molecule has 2 heterocycles. The zero-order valence-electron chi connectivity index (χ0n) is 15.0. The molecule has 0 aliphatic carbocycles. The van der Waals surface area contributed by atoms with Crippen LogP contribution < -0.4 is 0 Å². The Bertz CT molecular complexity index is 611. The number of amides is 1. The van der Waals surface area contributed by atoms with Crippen molar-refractivity contribution in [3.05, 3.63) is 34.6 Å². The number of likely N-dealkylation sites (N-methyl/N-ethyl adjacent to an activating group) is 1. The lowest BCUT2D eigenvalue weighted by atomic mass is 9.88. The maximum Gasteiger partial charge on any atom is 0.253 e. The van der Waals surface area contributed by atoms with Gasteiger partial charge in [0.05, 0.1) is 5.02 Å². The highest BCUT2D eigenvalue weighted by molar-refractivity contribution is 6.30. The van der Waals surface area contributed by atoms with Crippen molar-refractivity contribution in [1.82, 2.24) is 14.7 Å². The van der Waals surface area contributed by atoms with E-state index in [1.807, 2.05) is 4.90 Å². The second-order valence-electron chi connectivity index (χ2n) is 7.34. The molecule has 0 saturated carbocycles. The molecule has 0 unspecified atom stereocenters. The molecule has 4 nitrogen and oxygen atoms in total. The van der Waals surface area contributed by atoms with Crippen LogP contribution in [-0.4, -0.2) is 73.0 Å². The van der Waals surface area contributed by atoms with Gasteiger partial charge < -0.3 is 9.80 Å². The third kappa shape index (κ3) is 4.33. The number of hydrogen-bond acceptors (Lipinski definition) is 3. The maximum atomic E-state index is 13.6. The van der Waals surface area contributed by atoms with Crippen LogP contribution in [-0.2, 0) is 0 Å². The molecular formula is C19H27ClFN3O. The third-order valence-corrected chi connectivity index (χ3v) is 6.10. The highest BCUT2D eigenvalue weighted by Crippen LogP contribution is 2.26. The van der Waals surface area contributed by atoms with Gasteiger partial charge in [-0.15, -0.1) is 0 Å². The standard InChI is InChI=1S/C19H27ClFN3O/c1-14(23-11-9-22(2)10-12-23)15-5-7-24(8-6-15)19(25)16-3-4-17(20)18(21)13-16/h3-4,13-15H,5-12H2,1-2H3/t14-/m0/s1. The van der Waals surface area contributed by atoms with E-state index in [1.54, 1.807) is 6.07 Å². The van der Waals surface area contributed by atoms with Crippen molar-refractivity contribution in [2.45, 2.75) is 25.8 Å². The Morgan fingerprint density at radius 2 is 1.80 bits per heavy atom. The molecule has 6 heteroatoms. The molecule has 2 aliphatic heterocycles. The van der Waals surface area contributed by atoms with Crippen LogP contribution in [0.25, 0.3) is 0 Å². The number of halogens is 2. The summed E-state index contributed by atoms with van der Waals surface area (Å²) in [6.07, 6.45) is 2.02. The number of piperidine rings is 1. The van der Waals surface area contributed by atoms with E-state index in [0.29, 0.717) is 17.5 Å². The lowest BCUT2D eigenvalue weighted by Gasteiger charge is -2.42. The van der Waals surface area contributed by atoms with E-state index >= 15 is 0 Å². The van der Waals surface area contributed by atoms with Gasteiger partial charge in [-0.05, 0) is 50.9 Å². The van der Waals surface area contributed by atoms with Crippen molar-refractivity contribution in [2.24, 2.45) is 5.92 Å². The molecule has 2 aliphatic rings. The highest BCUT2D eigenvalue weighted by Gasteiger charge is 2.30. The molecule has 1 aromatic rings. The minimum Gasteiger partial charge on any atom is -0.339 e. The minimum absolute atomic E-state index is 0.0521. The number of carbonyl (C=O) groups is 1. The normalized spacial score (nSPS) is 22.2. The molecule has 2 fully saturated rings. The molecule has 138 valence electrons. The summed E-state index contributed by atoms with van der Waals surface area (Å²) >= 11 is 5.70. The smallest absolute Gasteiger partial charge is 0.253 e. The van der Waals surface area contributed by atoms with Crippen molar-refractivity contribution < 1.29 is 9.18 Å². The van der Waals surface area contributed by atoms with E-state index in [-0.39, 0.29) is 10.9 Å². The molecule has 0 bridgehead atoms. The van der Waals surface area contributed by atoms with Crippen molar-refractivity contribution in [3.8, 4) is 0 Å². The van der Waals surface area contributed by atoms with Crippen LogP contribution in [0.3, 0.4) is 0 Å². The highest BCUT2D eigenvalue weighted by atomic mass is 35.5. The summed E-state index contributed by atoms with van der Waals surface area (Å²) < 4.78 is 13.6. The van der Waals surface area contributed by atoms with Crippen molar-refractivity contribution in [1.29, 1.82) is 0 Å². The number of likely N-dealkylation sites (tertiary alicyclic amines) is 1. The van der Waals surface area contributed by atoms with Gasteiger partial charge >= 0.3 is 0 Å². The minimum atomic E-state index is -0.536. The molecule has 0 radical (unpaired) electrons. The number of piperazine rings is 1. The van der Waals surface area contributed by atoms with E-state index in [0.717, 1.165) is 52.1 Å². The van der Waals surface area contributed by atoms with Crippen LogP contribution in [0.1, 0.15) is 30.1 Å². The molecule has 2 saturated heterocycles. The van der Waals surface area contributed by atoms with Crippen LogP contribution in [0, 0.1) is 11.7 Å². The van der Waals surface area contributed by atoms with Crippen LogP contribution in [0.15, 0.2) is 18.2 Å². The topological polar surface area (TPSA) is 26.8 Å². The first-order chi connectivity index (χ1) is 12.0. The average Bonchev–Trinajstić information content (AvgIpc) is 2.63. The van der Waals surface area contributed by atoms with Gasteiger partial charge in [0.15, 0.2) is 0 Å². The van der Waals surface area contributed by atoms with Gasteiger partial charge in [-0.2, -0.15) is 0 Å². The van der Waals surface area contributed by atoms with E-state index in [2.05, 4.69) is 23.8 Å². The summed E-state index contributed by atoms with van der Waals surface area (Å²) in [4.78, 5) is 19.4. The van der Waals surface area contributed by atoms with Gasteiger partial charge in [-0.1, -0.05) is 11.6 Å². The molecule has 25 heavy (non-hydrogen) atoms. The van der Waals surface area contributed by atoms with Crippen LogP contribution in [0.5, 0.6) is 0 Å². The Kier molecular flexibility index (Phi) is 5.97. The predicted octanol–water partition coefficient (Wildman–Crippen LogP) is 2.97. The van der Waals surface area contributed by atoms with E-state index in [1.165, 1.54) is 12.1 Å². The first kappa shape index (κ1) is 18.6. The van der Waals surface area contributed by atoms with Gasteiger partial charge in [-0.3, -0.25) is 9.69 Å². The zero-order valence-corrected chi connectivity index (χ0v) is 15.8.